The Balaban J connectivity index is -0.0000000373. The first kappa shape index (κ1) is 103. The molecule has 0 aliphatic rings. The molecule has 0 aromatic heterocycles. The van der Waals surface area contributed by atoms with E-state index < -0.39 is 0 Å². The average Bonchev–Trinajstić information content (AvgIpc) is 3.31. The number of para-hydroxylation sites is 4. The molecule has 10 heteroatoms. The predicted molar refractivity (Wildman–Crippen MR) is 290 cm³/mol. The van der Waals surface area contributed by atoms with Gasteiger partial charge in [-0.15, -0.1) is 23.0 Å². The molecule has 0 spiro atoms. The van der Waals surface area contributed by atoms with E-state index in [1.165, 1.54) is 99.9 Å². The molecule has 4 rings (SSSR count). The molecule has 0 bridgehead atoms. The van der Waals surface area contributed by atoms with Crippen molar-refractivity contribution in [3.63, 3.8) is 0 Å². The number of hydrogen-bond acceptors (Lipinski definition) is 4. The summed E-state index contributed by atoms with van der Waals surface area (Å²) in [5.41, 5.74) is 0. The van der Waals surface area contributed by atoms with Crippen LogP contribution in [0.1, 0.15) is 158 Å². The molecule has 6 nitrogen and oxygen atoms in total. The van der Waals surface area contributed by atoms with E-state index in [-0.39, 0.29) is 130 Å². The number of hydrogen-bond donors (Lipinski definition) is 0. The van der Waals surface area contributed by atoms with Gasteiger partial charge in [0.05, 0.1) is 0 Å². The smallest absolute Gasteiger partial charge is 2.00 e. The minimum Gasteiger partial charge on any atom is -2.00 e. The van der Waals surface area contributed by atoms with Crippen LogP contribution in [0, 0.1) is 55.4 Å². The molecule has 0 aliphatic carbocycles. The van der Waals surface area contributed by atoms with Gasteiger partial charge in [0, 0.05) is 0 Å². The van der Waals surface area contributed by atoms with Gasteiger partial charge in [0.25, 0.3) is 0 Å². The van der Waals surface area contributed by atoms with E-state index in [9.17, 15) is 20.4 Å². The van der Waals surface area contributed by atoms with E-state index in [2.05, 4.69) is 111 Å². The van der Waals surface area contributed by atoms with E-state index in [0.717, 1.165) is 51.4 Å². The molecule has 4 aromatic carbocycles. The first-order chi connectivity index (χ1) is 28.9. The Morgan fingerprint density at radius 1 is 0.242 bits per heavy atom. The summed E-state index contributed by atoms with van der Waals surface area (Å²) in [5, 5.41) is 41.1. The van der Waals surface area contributed by atoms with Crippen molar-refractivity contribution in [3.8, 4) is 23.0 Å². The molecule has 0 saturated carbocycles. The van der Waals surface area contributed by atoms with Gasteiger partial charge >= 0.3 is 95.6 Å². The van der Waals surface area contributed by atoms with Crippen molar-refractivity contribution in [2.75, 3.05) is 0 Å². The summed E-state index contributed by atoms with van der Waals surface area (Å²) in [5.74, 6) is 0.287. The van der Waals surface area contributed by atoms with E-state index in [4.69, 9.17) is 0 Å². The molecule has 4 aromatic rings. The molecule has 0 fully saturated rings. The van der Waals surface area contributed by atoms with Gasteiger partial charge < -0.3 is 86.8 Å². The van der Waals surface area contributed by atoms with Crippen LogP contribution in [0.2, 0.25) is 0 Å². The summed E-state index contributed by atoms with van der Waals surface area (Å²) in [6.45, 7) is 45.8. The summed E-state index contributed by atoms with van der Waals surface area (Å²) >= 11 is 0. The van der Waals surface area contributed by atoms with Gasteiger partial charge in [-0.05, 0) is 0 Å². The summed E-state index contributed by atoms with van der Waals surface area (Å²) < 4.78 is 0. The molecular formula is C56H92O6Sn4. The monoisotopic (exact) mass is 1340 g/mol. The van der Waals surface area contributed by atoms with Crippen LogP contribution in [-0.2, 0) is 11.0 Å². The van der Waals surface area contributed by atoms with E-state index in [0.29, 0.717) is 0 Å². The van der Waals surface area contributed by atoms with Gasteiger partial charge in [0.1, 0.15) is 0 Å². The van der Waals surface area contributed by atoms with E-state index in [1.54, 1.807) is 48.5 Å². The minimum atomic E-state index is 0. The molecule has 368 valence electrons. The van der Waals surface area contributed by atoms with Crippen LogP contribution in [0.5, 0.6) is 23.0 Å². The predicted octanol–water partition coefficient (Wildman–Crippen LogP) is 14.2. The third-order valence-corrected chi connectivity index (χ3v) is 5.80. The molecular weight excluding hydrogens is 1240 g/mol. The van der Waals surface area contributed by atoms with Crippen molar-refractivity contribution in [1.82, 2.24) is 0 Å². The minimum absolute atomic E-state index is 0. The Morgan fingerprint density at radius 2 is 0.318 bits per heavy atom. The Labute approximate surface area is 480 Å². The standard InChI is InChI=1S/4C6H6O.8C4H9.2O.4Sn/c4*7-6-4-2-1-3-5-6;8*1-3-4-2;;;;;;/h4*1-5,7H;8*1,3-4H2,2H3;;;;;;/q;;;;8*-1;2*-2;4*+4/p-4. The molecule has 0 saturated heterocycles. The van der Waals surface area contributed by atoms with Crippen molar-refractivity contribution in [3.05, 3.63) is 177 Å². The quantitative estimate of drug-likeness (QED) is 0.127. The first-order valence-corrected chi connectivity index (χ1v) is 22.1. The van der Waals surface area contributed by atoms with Crippen LogP contribution >= 0.6 is 0 Å². The molecule has 0 radical (unpaired) electrons. The second-order valence-corrected chi connectivity index (χ2v) is 12.1. The largest absolute Gasteiger partial charge is 4.00 e. The van der Waals surface area contributed by atoms with Crippen molar-refractivity contribution in [2.24, 2.45) is 0 Å². The Morgan fingerprint density at radius 3 is 0.348 bits per heavy atom. The third-order valence-electron chi connectivity index (χ3n) is 5.80. The summed E-state index contributed by atoms with van der Waals surface area (Å²) in [7, 11) is 0. The third kappa shape index (κ3) is 159. The maximum Gasteiger partial charge on any atom is 4.00 e. The average molecular weight is 1340 g/mol. The Bertz CT molecular complexity index is 906. The van der Waals surface area contributed by atoms with Gasteiger partial charge in [-0.3, -0.25) is 0 Å². The van der Waals surface area contributed by atoms with Crippen LogP contribution in [0.3, 0.4) is 0 Å². The molecule has 0 N–H and O–H groups in total. The molecule has 0 unspecified atom stereocenters. The zero-order valence-corrected chi connectivity index (χ0v) is 54.4. The molecule has 0 heterocycles. The topological polar surface area (TPSA) is 149 Å². The fraction of sp³-hybridized carbons (Fsp3) is 0.429. The second-order valence-electron chi connectivity index (χ2n) is 12.1. The van der Waals surface area contributed by atoms with Gasteiger partial charge in [0.2, 0.25) is 0 Å². The first-order valence-electron chi connectivity index (χ1n) is 22.1. The van der Waals surface area contributed by atoms with Crippen molar-refractivity contribution < 1.29 is 31.4 Å². The molecule has 66 heavy (non-hydrogen) atoms. The molecule has 0 amide bonds. The zero-order chi connectivity index (χ0) is 47.8. The number of unbranched alkanes of at least 4 members (excludes halogenated alkanes) is 8. The van der Waals surface area contributed by atoms with Crippen LogP contribution < -0.4 is 20.4 Å². The van der Waals surface area contributed by atoms with Crippen LogP contribution in [0.15, 0.2) is 121 Å². The van der Waals surface area contributed by atoms with Crippen LogP contribution in [0.25, 0.3) is 0 Å². The Hall–Kier alpha value is -0.805. The van der Waals surface area contributed by atoms with Gasteiger partial charge in [0.15, 0.2) is 0 Å². The normalized spacial score (nSPS) is 7.27. The maximum atomic E-state index is 10.3. The summed E-state index contributed by atoms with van der Waals surface area (Å²) in [6.07, 6.45) is 18.2. The fourth-order valence-corrected chi connectivity index (χ4v) is 1.68. The zero-order valence-electron chi connectivity index (χ0n) is 43.0. The van der Waals surface area contributed by atoms with Crippen LogP contribution in [0.4, 0.5) is 0 Å². The number of benzene rings is 4. The second kappa shape index (κ2) is 115. The summed E-state index contributed by atoms with van der Waals surface area (Å²) in [4.78, 5) is 0. The van der Waals surface area contributed by atoms with E-state index in [1.807, 2.05) is 24.3 Å². The molecule has 0 aliphatic heterocycles. The summed E-state index contributed by atoms with van der Waals surface area (Å²) in [6, 6.07) is 33.3. The van der Waals surface area contributed by atoms with Crippen molar-refractivity contribution in [2.45, 2.75) is 158 Å². The van der Waals surface area contributed by atoms with Crippen LogP contribution in [-0.4, -0.2) is 95.6 Å². The van der Waals surface area contributed by atoms with Gasteiger partial charge in [-0.2, -0.15) is 51.4 Å². The Kier molecular flexibility index (Phi) is 179. The number of rotatable bonds is 8. The maximum absolute atomic E-state index is 10.3. The fourth-order valence-electron chi connectivity index (χ4n) is 1.68. The van der Waals surface area contributed by atoms with Crippen molar-refractivity contribution >= 4 is 95.6 Å². The SMILES string of the molecule is [CH2-]CCC.[CH2-]CCC.[CH2-]CCC.[CH2-]CCC.[CH2-]CCC.[CH2-]CCC.[CH2-]CCC.[CH2-]CCC.[O-2].[O-2].[O-]c1ccccc1.[O-]c1ccccc1.[O-]c1ccccc1.[O-]c1ccccc1.[Sn+4].[Sn+4].[Sn+4].[Sn+4]. The van der Waals surface area contributed by atoms with Crippen molar-refractivity contribution in [1.29, 1.82) is 0 Å². The van der Waals surface area contributed by atoms with E-state index >= 15 is 0 Å². The molecule has 0 atom stereocenters. The van der Waals surface area contributed by atoms with Gasteiger partial charge in [-0.25, -0.2) is 0 Å². The van der Waals surface area contributed by atoms with Gasteiger partial charge in [-0.1, -0.05) is 228 Å².